The Kier molecular flexibility index (Phi) is 4.45. The lowest BCUT2D eigenvalue weighted by atomic mass is 10.2. The number of nitrogens with one attached hydrogen (secondary N) is 1. The Morgan fingerprint density at radius 1 is 1.53 bits per heavy atom. The third-order valence-electron chi connectivity index (χ3n) is 2.28. The molecule has 0 aliphatic carbocycles. The molecule has 0 aromatic carbocycles. The van der Waals surface area contributed by atoms with E-state index >= 15 is 0 Å². The zero-order chi connectivity index (χ0) is 12.8. The average molecular weight is 237 g/mol. The third-order valence-corrected chi connectivity index (χ3v) is 2.28. The van der Waals surface area contributed by atoms with Crippen molar-refractivity contribution < 1.29 is 14.7 Å². The van der Waals surface area contributed by atoms with E-state index in [9.17, 15) is 9.59 Å². The number of hydrogen-bond acceptors (Lipinski definition) is 4. The van der Waals surface area contributed by atoms with Crippen LogP contribution in [0.5, 0.6) is 0 Å². The molecule has 1 aromatic rings. The Morgan fingerprint density at radius 3 is 2.76 bits per heavy atom. The lowest BCUT2D eigenvalue weighted by Gasteiger charge is -2.20. The summed E-state index contributed by atoms with van der Waals surface area (Å²) >= 11 is 0. The van der Waals surface area contributed by atoms with Crippen molar-refractivity contribution in [2.75, 3.05) is 25.0 Å². The SMILES string of the molecule is CCN(CC(=O)O)c1ccnc(C(=O)NC)c1. The minimum absolute atomic E-state index is 0.103. The first kappa shape index (κ1) is 13.0. The molecule has 17 heavy (non-hydrogen) atoms. The molecule has 0 spiro atoms. The first-order chi connectivity index (χ1) is 8.08. The number of amides is 1. The average Bonchev–Trinajstić information content (AvgIpc) is 2.34. The Morgan fingerprint density at radius 2 is 2.24 bits per heavy atom. The zero-order valence-corrected chi connectivity index (χ0v) is 9.80. The summed E-state index contributed by atoms with van der Waals surface area (Å²) in [4.78, 5) is 27.6. The van der Waals surface area contributed by atoms with Crippen molar-refractivity contribution in [1.29, 1.82) is 0 Å². The Hall–Kier alpha value is -2.11. The molecule has 0 unspecified atom stereocenters. The highest BCUT2D eigenvalue weighted by Crippen LogP contribution is 2.14. The van der Waals surface area contributed by atoms with Crippen molar-refractivity contribution in [1.82, 2.24) is 10.3 Å². The summed E-state index contributed by atoms with van der Waals surface area (Å²) < 4.78 is 0. The maximum absolute atomic E-state index is 11.4. The van der Waals surface area contributed by atoms with Crippen molar-refractivity contribution in [3.63, 3.8) is 0 Å². The maximum Gasteiger partial charge on any atom is 0.323 e. The molecule has 6 heteroatoms. The van der Waals surface area contributed by atoms with E-state index in [-0.39, 0.29) is 18.1 Å². The molecule has 0 atom stereocenters. The predicted octanol–water partition coefficient (Wildman–Crippen LogP) is 0.352. The number of carboxylic acid groups (broad SMARTS) is 1. The summed E-state index contributed by atoms with van der Waals surface area (Å²) in [6.45, 7) is 2.29. The number of carbonyl (C=O) groups excluding carboxylic acids is 1. The van der Waals surface area contributed by atoms with Crippen molar-refractivity contribution in [3.8, 4) is 0 Å². The van der Waals surface area contributed by atoms with Gasteiger partial charge in [0.2, 0.25) is 0 Å². The number of hydrogen-bond donors (Lipinski definition) is 2. The van der Waals surface area contributed by atoms with E-state index in [1.807, 2.05) is 6.92 Å². The van der Waals surface area contributed by atoms with Gasteiger partial charge in [-0.1, -0.05) is 0 Å². The molecule has 6 nitrogen and oxygen atoms in total. The van der Waals surface area contributed by atoms with E-state index in [2.05, 4.69) is 10.3 Å². The van der Waals surface area contributed by atoms with E-state index in [1.54, 1.807) is 17.0 Å². The number of nitrogens with zero attached hydrogens (tertiary/aromatic N) is 2. The molecular formula is C11H15N3O3. The number of aliphatic carboxylic acids is 1. The molecule has 0 aliphatic heterocycles. The van der Waals surface area contributed by atoms with Gasteiger partial charge in [-0.2, -0.15) is 0 Å². The molecule has 0 saturated heterocycles. The fourth-order valence-electron chi connectivity index (χ4n) is 1.42. The summed E-state index contributed by atoms with van der Waals surface area (Å²) in [5, 5.41) is 11.2. The van der Waals surface area contributed by atoms with E-state index in [0.29, 0.717) is 12.2 Å². The van der Waals surface area contributed by atoms with Crippen LogP contribution in [0, 0.1) is 0 Å². The number of likely N-dealkylation sites (N-methyl/N-ethyl adjacent to an activating group) is 1. The van der Waals surface area contributed by atoms with Crippen LogP contribution in [0.2, 0.25) is 0 Å². The van der Waals surface area contributed by atoms with Gasteiger partial charge in [0.05, 0.1) is 0 Å². The van der Waals surface area contributed by atoms with Crippen LogP contribution < -0.4 is 10.2 Å². The molecule has 0 fully saturated rings. The van der Waals surface area contributed by atoms with Gasteiger partial charge in [-0.15, -0.1) is 0 Å². The molecule has 0 bridgehead atoms. The number of carbonyl (C=O) groups is 2. The standard InChI is InChI=1S/C11H15N3O3/c1-3-14(7-10(15)16)8-4-5-13-9(6-8)11(17)12-2/h4-6H,3,7H2,1-2H3,(H,12,17)(H,15,16). The van der Waals surface area contributed by atoms with Gasteiger partial charge in [0.1, 0.15) is 12.2 Å². The number of pyridine rings is 1. The van der Waals surface area contributed by atoms with Crippen LogP contribution in [0.25, 0.3) is 0 Å². The van der Waals surface area contributed by atoms with Gasteiger partial charge in [-0.25, -0.2) is 0 Å². The van der Waals surface area contributed by atoms with Gasteiger partial charge in [0, 0.05) is 25.5 Å². The van der Waals surface area contributed by atoms with Gasteiger partial charge in [0.25, 0.3) is 5.91 Å². The molecule has 0 radical (unpaired) electrons. The highest BCUT2D eigenvalue weighted by Gasteiger charge is 2.11. The van der Waals surface area contributed by atoms with E-state index < -0.39 is 5.97 Å². The quantitative estimate of drug-likeness (QED) is 0.772. The second kappa shape index (κ2) is 5.83. The highest BCUT2D eigenvalue weighted by atomic mass is 16.4. The smallest absolute Gasteiger partial charge is 0.323 e. The number of rotatable bonds is 5. The Labute approximate surface area is 99.3 Å². The Bertz CT molecular complexity index is 420. The molecule has 92 valence electrons. The van der Waals surface area contributed by atoms with E-state index in [1.165, 1.54) is 13.2 Å². The molecule has 0 aliphatic rings. The van der Waals surface area contributed by atoms with Crippen LogP contribution in [-0.4, -0.2) is 42.1 Å². The molecular weight excluding hydrogens is 222 g/mol. The van der Waals surface area contributed by atoms with Crippen LogP contribution in [0.4, 0.5) is 5.69 Å². The van der Waals surface area contributed by atoms with E-state index in [0.717, 1.165) is 0 Å². The van der Waals surface area contributed by atoms with Gasteiger partial charge >= 0.3 is 5.97 Å². The minimum atomic E-state index is -0.912. The van der Waals surface area contributed by atoms with Crippen molar-refractivity contribution in [3.05, 3.63) is 24.0 Å². The molecule has 1 heterocycles. The van der Waals surface area contributed by atoms with Gasteiger partial charge in [-0.05, 0) is 19.1 Å². The van der Waals surface area contributed by atoms with Crippen LogP contribution in [0.1, 0.15) is 17.4 Å². The van der Waals surface area contributed by atoms with Crippen LogP contribution in [-0.2, 0) is 4.79 Å². The monoisotopic (exact) mass is 237 g/mol. The number of anilines is 1. The second-order valence-corrected chi connectivity index (χ2v) is 3.39. The molecule has 1 aromatic heterocycles. The summed E-state index contributed by atoms with van der Waals surface area (Å²) in [5.41, 5.74) is 0.942. The number of carboxylic acids is 1. The van der Waals surface area contributed by atoms with Gasteiger partial charge < -0.3 is 15.3 Å². The second-order valence-electron chi connectivity index (χ2n) is 3.39. The largest absolute Gasteiger partial charge is 0.480 e. The first-order valence-corrected chi connectivity index (χ1v) is 5.23. The predicted molar refractivity (Wildman–Crippen MR) is 63.2 cm³/mol. The van der Waals surface area contributed by atoms with E-state index in [4.69, 9.17) is 5.11 Å². The lowest BCUT2D eigenvalue weighted by molar-refractivity contribution is -0.135. The summed E-state index contributed by atoms with van der Waals surface area (Å²) in [7, 11) is 1.52. The van der Waals surface area contributed by atoms with Crippen molar-refractivity contribution >= 4 is 17.6 Å². The molecule has 1 amide bonds. The topological polar surface area (TPSA) is 82.5 Å². The highest BCUT2D eigenvalue weighted by molar-refractivity contribution is 5.93. The van der Waals surface area contributed by atoms with Crippen molar-refractivity contribution in [2.24, 2.45) is 0 Å². The molecule has 2 N–H and O–H groups in total. The summed E-state index contributed by atoms with van der Waals surface area (Å²) in [5.74, 6) is -1.21. The maximum atomic E-state index is 11.4. The third kappa shape index (κ3) is 3.44. The molecule has 0 saturated carbocycles. The van der Waals surface area contributed by atoms with Crippen molar-refractivity contribution in [2.45, 2.75) is 6.92 Å². The first-order valence-electron chi connectivity index (χ1n) is 5.23. The normalized spacial score (nSPS) is 9.76. The fraction of sp³-hybridized carbons (Fsp3) is 0.364. The van der Waals surface area contributed by atoms with Gasteiger partial charge in [0.15, 0.2) is 0 Å². The zero-order valence-electron chi connectivity index (χ0n) is 9.80. The Balaban J connectivity index is 2.96. The summed E-state index contributed by atoms with van der Waals surface area (Å²) in [6.07, 6.45) is 1.49. The fourth-order valence-corrected chi connectivity index (χ4v) is 1.42. The minimum Gasteiger partial charge on any atom is -0.480 e. The van der Waals surface area contributed by atoms with Gasteiger partial charge in [-0.3, -0.25) is 14.6 Å². The van der Waals surface area contributed by atoms with Crippen LogP contribution in [0.3, 0.4) is 0 Å². The molecule has 1 rings (SSSR count). The van der Waals surface area contributed by atoms with Crippen LogP contribution >= 0.6 is 0 Å². The summed E-state index contributed by atoms with van der Waals surface area (Å²) in [6, 6.07) is 3.25. The number of aromatic nitrogens is 1. The van der Waals surface area contributed by atoms with Crippen LogP contribution in [0.15, 0.2) is 18.3 Å². The lowest BCUT2D eigenvalue weighted by Crippen LogP contribution is -2.29.